The van der Waals surface area contributed by atoms with Gasteiger partial charge in [-0.2, -0.15) is 0 Å². The van der Waals surface area contributed by atoms with Crippen LogP contribution in [0.25, 0.3) is 0 Å². The minimum absolute atomic E-state index is 0.0568. The second-order valence-corrected chi connectivity index (χ2v) is 7.15. The van der Waals surface area contributed by atoms with Gasteiger partial charge < -0.3 is 11.1 Å². The Morgan fingerprint density at radius 1 is 1.44 bits per heavy atom. The van der Waals surface area contributed by atoms with Crippen LogP contribution in [0.1, 0.15) is 16.8 Å². The SMILES string of the molecule is CS(=O)(=O)CCCNC(=O)c1cc(Br)ccc1N. The smallest absolute Gasteiger partial charge is 0.253 e. The maximum absolute atomic E-state index is 11.8. The summed E-state index contributed by atoms with van der Waals surface area (Å²) in [5, 5.41) is 2.64. The number of carbonyl (C=O) groups excluding carboxylic acids is 1. The van der Waals surface area contributed by atoms with Gasteiger partial charge in [0, 0.05) is 23.0 Å². The van der Waals surface area contributed by atoms with Crippen LogP contribution >= 0.6 is 15.9 Å². The standard InChI is InChI=1S/C11H15BrN2O3S/c1-18(16,17)6-2-5-14-11(15)9-7-8(12)3-4-10(9)13/h3-4,7H,2,5-6,13H2,1H3,(H,14,15). The summed E-state index contributed by atoms with van der Waals surface area (Å²) in [6.07, 6.45) is 1.56. The van der Waals surface area contributed by atoms with Gasteiger partial charge in [0.1, 0.15) is 9.84 Å². The molecular weight excluding hydrogens is 320 g/mol. The lowest BCUT2D eigenvalue weighted by molar-refractivity contribution is 0.0954. The van der Waals surface area contributed by atoms with Crippen LogP contribution in [0.4, 0.5) is 5.69 Å². The van der Waals surface area contributed by atoms with Crippen LogP contribution in [-0.4, -0.2) is 32.9 Å². The highest BCUT2D eigenvalue weighted by atomic mass is 79.9. The molecule has 0 fully saturated rings. The van der Waals surface area contributed by atoms with Gasteiger partial charge in [0.2, 0.25) is 0 Å². The Labute approximate surface area is 115 Å². The fourth-order valence-electron chi connectivity index (χ4n) is 1.36. The highest BCUT2D eigenvalue weighted by Crippen LogP contribution is 2.18. The molecule has 18 heavy (non-hydrogen) atoms. The number of hydrogen-bond donors (Lipinski definition) is 2. The first-order valence-electron chi connectivity index (χ1n) is 5.30. The predicted molar refractivity (Wildman–Crippen MR) is 75.2 cm³/mol. The number of sulfone groups is 1. The summed E-state index contributed by atoms with van der Waals surface area (Å²) < 4.78 is 22.6. The Morgan fingerprint density at radius 2 is 2.11 bits per heavy atom. The maximum atomic E-state index is 11.8. The van der Waals surface area contributed by atoms with Crippen LogP contribution in [0.3, 0.4) is 0 Å². The largest absolute Gasteiger partial charge is 0.398 e. The number of halogens is 1. The Kier molecular flexibility index (Phi) is 5.15. The summed E-state index contributed by atoms with van der Waals surface area (Å²) in [6, 6.07) is 5.01. The van der Waals surface area contributed by atoms with E-state index in [0.717, 1.165) is 4.47 Å². The number of hydrogen-bond acceptors (Lipinski definition) is 4. The molecule has 5 nitrogen and oxygen atoms in total. The lowest BCUT2D eigenvalue weighted by Gasteiger charge is -2.07. The molecule has 0 aliphatic carbocycles. The number of benzene rings is 1. The van der Waals surface area contributed by atoms with E-state index in [0.29, 0.717) is 24.2 Å². The highest BCUT2D eigenvalue weighted by Gasteiger charge is 2.10. The molecule has 0 atom stereocenters. The number of anilines is 1. The Hall–Kier alpha value is -1.08. The molecule has 0 bridgehead atoms. The molecule has 0 aliphatic rings. The van der Waals surface area contributed by atoms with Crippen molar-refractivity contribution in [3.8, 4) is 0 Å². The number of nitrogens with one attached hydrogen (secondary N) is 1. The van der Waals surface area contributed by atoms with E-state index in [2.05, 4.69) is 21.2 Å². The Bertz CT molecular complexity index is 543. The third-order valence-corrected chi connectivity index (χ3v) is 3.76. The molecule has 0 spiro atoms. The highest BCUT2D eigenvalue weighted by molar-refractivity contribution is 9.10. The molecule has 1 rings (SSSR count). The minimum Gasteiger partial charge on any atom is -0.398 e. The number of amides is 1. The molecule has 1 aromatic rings. The number of carbonyl (C=O) groups is 1. The van der Waals surface area contributed by atoms with E-state index in [4.69, 9.17) is 5.73 Å². The maximum Gasteiger partial charge on any atom is 0.253 e. The third kappa shape index (κ3) is 5.05. The molecule has 0 aromatic heterocycles. The summed E-state index contributed by atoms with van der Waals surface area (Å²) in [5.41, 5.74) is 6.45. The summed E-state index contributed by atoms with van der Waals surface area (Å²) in [7, 11) is -2.99. The quantitative estimate of drug-likeness (QED) is 0.625. The van der Waals surface area contributed by atoms with Crippen molar-refractivity contribution in [2.24, 2.45) is 0 Å². The van der Waals surface area contributed by atoms with Gasteiger partial charge in [-0.1, -0.05) is 15.9 Å². The van der Waals surface area contributed by atoms with Gasteiger partial charge in [0.15, 0.2) is 0 Å². The van der Waals surface area contributed by atoms with Crippen molar-refractivity contribution in [2.45, 2.75) is 6.42 Å². The predicted octanol–water partition coefficient (Wildman–Crippen LogP) is 1.20. The van der Waals surface area contributed by atoms with Crippen LogP contribution in [0, 0.1) is 0 Å². The zero-order chi connectivity index (χ0) is 13.8. The number of rotatable bonds is 5. The van der Waals surface area contributed by atoms with Crippen molar-refractivity contribution < 1.29 is 13.2 Å². The molecule has 0 heterocycles. The molecule has 0 unspecified atom stereocenters. The molecule has 100 valence electrons. The van der Waals surface area contributed by atoms with Crippen LogP contribution < -0.4 is 11.1 Å². The molecule has 0 aliphatic heterocycles. The normalized spacial score (nSPS) is 11.2. The van der Waals surface area contributed by atoms with Gasteiger partial charge in [-0.25, -0.2) is 8.42 Å². The van der Waals surface area contributed by atoms with Crippen molar-refractivity contribution in [3.05, 3.63) is 28.2 Å². The topological polar surface area (TPSA) is 89.3 Å². The Balaban J connectivity index is 2.53. The molecule has 0 radical (unpaired) electrons. The molecule has 0 saturated heterocycles. The van der Waals surface area contributed by atoms with Crippen molar-refractivity contribution in [1.29, 1.82) is 0 Å². The van der Waals surface area contributed by atoms with Crippen LogP contribution in [-0.2, 0) is 9.84 Å². The zero-order valence-corrected chi connectivity index (χ0v) is 12.3. The molecule has 3 N–H and O–H groups in total. The summed E-state index contributed by atoms with van der Waals surface area (Å²) >= 11 is 3.26. The van der Waals surface area contributed by atoms with Gasteiger partial charge in [-0.3, -0.25) is 4.79 Å². The lowest BCUT2D eigenvalue weighted by atomic mass is 10.1. The van der Waals surface area contributed by atoms with E-state index >= 15 is 0 Å². The zero-order valence-electron chi connectivity index (χ0n) is 9.94. The van der Waals surface area contributed by atoms with Gasteiger partial charge in [0.05, 0.1) is 11.3 Å². The second-order valence-electron chi connectivity index (χ2n) is 3.97. The number of nitrogens with two attached hydrogens (primary N) is 1. The van der Waals surface area contributed by atoms with Gasteiger partial charge in [0.25, 0.3) is 5.91 Å². The van der Waals surface area contributed by atoms with E-state index < -0.39 is 9.84 Å². The first kappa shape index (κ1) is 15.0. The molecule has 0 saturated carbocycles. The third-order valence-electron chi connectivity index (χ3n) is 2.24. The molecule has 1 aromatic carbocycles. The molecular formula is C11H15BrN2O3S. The van der Waals surface area contributed by atoms with Gasteiger partial charge in [-0.15, -0.1) is 0 Å². The fraction of sp³-hybridized carbons (Fsp3) is 0.364. The Morgan fingerprint density at radius 3 is 2.72 bits per heavy atom. The first-order chi connectivity index (χ1) is 8.29. The van der Waals surface area contributed by atoms with Crippen LogP contribution in [0.5, 0.6) is 0 Å². The van der Waals surface area contributed by atoms with Crippen LogP contribution in [0.15, 0.2) is 22.7 Å². The first-order valence-corrected chi connectivity index (χ1v) is 8.16. The summed E-state index contributed by atoms with van der Waals surface area (Å²) in [5.74, 6) is -0.247. The molecule has 7 heteroatoms. The van der Waals surface area contributed by atoms with E-state index in [-0.39, 0.29) is 11.7 Å². The van der Waals surface area contributed by atoms with E-state index in [9.17, 15) is 13.2 Å². The number of nitrogen functional groups attached to an aromatic ring is 1. The average Bonchev–Trinajstić information content (AvgIpc) is 2.26. The average molecular weight is 335 g/mol. The summed E-state index contributed by atoms with van der Waals surface area (Å²) in [6.45, 7) is 0.303. The van der Waals surface area contributed by atoms with Crippen molar-refractivity contribution in [3.63, 3.8) is 0 Å². The van der Waals surface area contributed by atoms with E-state index in [1.807, 2.05) is 0 Å². The lowest BCUT2D eigenvalue weighted by Crippen LogP contribution is -2.26. The monoisotopic (exact) mass is 334 g/mol. The second kappa shape index (κ2) is 6.19. The fourth-order valence-corrected chi connectivity index (χ4v) is 2.39. The van der Waals surface area contributed by atoms with Gasteiger partial charge in [-0.05, 0) is 24.6 Å². The summed E-state index contributed by atoms with van der Waals surface area (Å²) in [4.78, 5) is 11.8. The van der Waals surface area contributed by atoms with Gasteiger partial charge >= 0.3 is 0 Å². The minimum atomic E-state index is -2.99. The van der Waals surface area contributed by atoms with E-state index in [1.165, 1.54) is 6.26 Å². The van der Waals surface area contributed by atoms with Crippen molar-refractivity contribution in [1.82, 2.24) is 5.32 Å². The van der Waals surface area contributed by atoms with E-state index in [1.54, 1.807) is 18.2 Å². The van der Waals surface area contributed by atoms with Crippen molar-refractivity contribution in [2.75, 3.05) is 24.3 Å². The van der Waals surface area contributed by atoms with Crippen LogP contribution in [0.2, 0.25) is 0 Å². The molecule has 1 amide bonds. The van der Waals surface area contributed by atoms with Crippen molar-refractivity contribution >= 4 is 37.4 Å².